The van der Waals surface area contributed by atoms with Crippen LogP contribution >= 0.6 is 0 Å². The number of hydrogen-bond donors (Lipinski definition) is 1. The zero-order valence-corrected chi connectivity index (χ0v) is 10.4. The molecule has 0 aromatic heterocycles. The molecular weight excluding hydrogens is 236 g/mol. The number of carbonyl (C=O) groups excluding carboxylic acids is 1. The van der Waals surface area contributed by atoms with Crippen LogP contribution in [0.2, 0.25) is 0 Å². The number of nitrogens with one attached hydrogen (secondary N) is 1. The quantitative estimate of drug-likeness (QED) is 0.864. The topological polar surface area (TPSA) is 70.0 Å². The summed E-state index contributed by atoms with van der Waals surface area (Å²) in [5, 5.41) is 11.3. The van der Waals surface area contributed by atoms with Crippen LogP contribution in [0.1, 0.15) is 18.9 Å². The van der Waals surface area contributed by atoms with Crippen LogP contribution in [0.3, 0.4) is 0 Å². The lowest BCUT2D eigenvalue weighted by molar-refractivity contribution is -0.115. The molecule has 5 heteroatoms. The molecule has 17 heavy (non-hydrogen) atoms. The number of nitriles is 1. The average molecular weight is 250 g/mol. The van der Waals surface area contributed by atoms with Crippen molar-refractivity contribution in [2.45, 2.75) is 13.3 Å². The Labute approximate surface area is 103 Å². The van der Waals surface area contributed by atoms with Gasteiger partial charge in [-0.15, -0.1) is 0 Å². The van der Waals surface area contributed by atoms with E-state index in [2.05, 4.69) is 5.32 Å². The Morgan fingerprint density at radius 2 is 2.06 bits per heavy atom. The highest BCUT2D eigenvalue weighted by Crippen LogP contribution is 2.09. The molecule has 0 aliphatic heterocycles. The fraction of sp³-hybridized carbons (Fsp3) is 0.333. The zero-order valence-electron chi connectivity index (χ0n) is 9.60. The third kappa shape index (κ3) is 4.79. The highest BCUT2D eigenvalue weighted by atomic mass is 32.2. The molecule has 0 saturated heterocycles. The highest BCUT2D eigenvalue weighted by Gasteiger charge is 2.04. The molecule has 1 rings (SSSR count). The van der Waals surface area contributed by atoms with Crippen molar-refractivity contribution in [3.05, 3.63) is 29.8 Å². The molecule has 4 nitrogen and oxygen atoms in total. The summed E-state index contributed by atoms with van der Waals surface area (Å²) in [6.45, 7) is 1.83. The minimum atomic E-state index is -0.915. The van der Waals surface area contributed by atoms with Crippen LogP contribution in [0, 0.1) is 11.3 Å². The van der Waals surface area contributed by atoms with Gasteiger partial charge < -0.3 is 5.32 Å². The smallest absolute Gasteiger partial charge is 0.225 e. The second-order valence-electron chi connectivity index (χ2n) is 3.42. The molecule has 0 radical (unpaired) electrons. The summed E-state index contributed by atoms with van der Waals surface area (Å²) >= 11 is 0. The predicted molar refractivity (Wildman–Crippen MR) is 68.0 cm³/mol. The molecule has 1 amide bonds. The molecule has 1 unspecified atom stereocenters. The van der Waals surface area contributed by atoms with Gasteiger partial charge in [0.25, 0.3) is 0 Å². The number of hydrogen-bond acceptors (Lipinski definition) is 3. The summed E-state index contributed by atoms with van der Waals surface area (Å²) in [4.78, 5) is 11.5. The summed E-state index contributed by atoms with van der Waals surface area (Å²) in [7, 11) is -0.915. The lowest BCUT2D eigenvalue weighted by atomic mass is 10.2. The van der Waals surface area contributed by atoms with Crippen molar-refractivity contribution in [1.29, 1.82) is 5.26 Å². The summed E-state index contributed by atoms with van der Waals surface area (Å²) in [6.07, 6.45) is 0.250. The largest absolute Gasteiger partial charge is 0.326 e. The van der Waals surface area contributed by atoms with Crippen molar-refractivity contribution in [2.24, 2.45) is 0 Å². The molecule has 0 bridgehead atoms. The van der Waals surface area contributed by atoms with E-state index in [4.69, 9.17) is 5.26 Å². The van der Waals surface area contributed by atoms with Gasteiger partial charge in [0.05, 0.1) is 11.6 Å². The van der Waals surface area contributed by atoms with E-state index in [-0.39, 0.29) is 12.3 Å². The number of rotatable bonds is 5. The Hall–Kier alpha value is -1.67. The second kappa shape index (κ2) is 6.81. The van der Waals surface area contributed by atoms with E-state index in [0.29, 0.717) is 22.8 Å². The average Bonchev–Trinajstić information content (AvgIpc) is 2.36. The van der Waals surface area contributed by atoms with Crippen molar-refractivity contribution < 1.29 is 9.00 Å². The lowest BCUT2D eigenvalue weighted by Crippen LogP contribution is -2.15. The molecule has 0 fully saturated rings. The Kier molecular flexibility index (Phi) is 5.37. The molecule has 1 atom stereocenters. The predicted octanol–water partition coefficient (Wildman–Crippen LogP) is 1.66. The zero-order chi connectivity index (χ0) is 12.7. The third-order valence-corrected chi connectivity index (χ3v) is 3.48. The van der Waals surface area contributed by atoms with E-state index in [1.165, 1.54) is 0 Å². The van der Waals surface area contributed by atoms with Gasteiger partial charge >= 0.3 is 0 Å². The molecule has 0 aliphatic rings. The number of anilines is 1. The second-order valence-corrected chi connectivity index (χ2v) is 5.29. The first-order chi connectivity index (χ1) is 8.15. The van der Waals surface area contributed by atoms with Gasteiger partial charge in [0, 0.05) is 34.4 Å². The maximum absolute atomic E-state index is 11.5. The van der Waals surface area contributed by atoms with Gasteiger partial charge in [-0.25, -0.2) is 0 Å². The van der Waals surface area contributed by atoms with Crippen molar-refractivity contribution in [3.8, 4) is 6.07 Å². The van der Waals surface area contributed by atoms with Crippen LogP contribution < -0.4 is 5.32 Å². The molecule has 1 N–H and O–H groups in total. The van der Waals surface area contributed by atoms with Crippen LogP contribution in [-0.2, 0) is 15.6 Å². The monoisotopic (exact) mass is 250 g/mol. The number of nitrogens with zero attached hydrogens (tertiary/aromatic N) is 1. The van der Waals surface area contributed by atoms with Gasteiger partial charge in [0.15, 0.2) is 0 Å². The number of carbonyl (C=O) groups is 1. The van der Waals surface area contributed by atoms with Crippen molar-refractivity contribution in [1.82, 2.24) is 0 Å². The first-order valence-electron chi connectivity index (χ1n) is 5.30. The highest BCUT2D eigenvalue weighted by molar-refractivity contribution is 7.84. The standard InChI is InChI=1S/C12H14N2O2S/c1-2-17(16)8-7-12(15)14-11-5-3-10(9-13)4-6-11/h3-6H,2,7-8H2,1H3,(H,14,15). The summed E-state index contributed by atoms with van der Waals surface area (Å²) in [6, 6.07) is 8.63. The molecule has 0 saturated carbocycles. The molecule has 0 aliphatic carbocycles. The van der Waals surface area contributed by atoms with Crippen LogP contribution in [0.15, 0.2) is 24.3 Å². The maximum Gasteiger partial charge on any atom is 0.225 e. The summed E-state index contributed by atoms with van der Waals surface area (Å²) in [5.74, 6) is 0.805. The summed E-state index contributed by atoms with van der Waals surface area (Å²) < 4.78 is 11.1. The van der Waals surface area contributed by atoms with Crippen LogP contribution in [0.4, 0.5) is 5.69 Å². The molecule has 0 heterocycles. The van der Waals surface area contributed by atoms with Crippen molar-refractivity contribution in [3.63, 3.8) is 0 Å². The van der Waals surface area contributed by atoms with Gasteiger partial charge in [-0.2, -0.15) is 5.26 Å². The van der Waals surface area contributed by atoms with E-state index in [1.54, 1.807) is 24.3 Å². The molecule has 90 valence electrons. The van der Waals surface area contributed by atoms with Gasteiger partial charge in [-0.1, -0.05) is 6.92 Å². The van der Waals surface area contributed by atoms with E-state index < -0.39 is 10.8 Å². The first-order valence-corrected chi connectivity index (χ1v) is 6.79. The maximum atomic E-state index is 11.5. The normalized spacial score (nSPS) is 11.5. The van der Waals surface area contributed by atoms with Crippen molar-refractivity contribution in [2.75, 3.05) is 16.8 Å². The first kappa shape index (κ1) is 13.4. The fourth-order valence-electron chi connectivity index (χ4n) is 1.20. The Morgan fingerprint density at radius 3 is 2.59 bits per heavy atom. The Bertz CT molecular complexity index is 449. The minimum absolute atomic E-state index is 0.156. The fourth-order valence-corrected chi connectivity index (χ4v) is 1.90. The number of benzene rings is 1. The van der Waals surface area contributed by atoms with Crippen molar-refractivity contribution >= 4 is 22.4 Å². The third-order valence-electron chi connectivity index (χ3n) is 2.18. The molecule has 0 spiro atoms. The van der Waals surface area contributed by atoms with E-state index in [1.807, 2.05) is 13.0 Å². The van der Waals surface area contributed by atoms with Gasteiger partial charge in [0.1, 0.15) is 0 Å². The Morgan fingerprint density at radius 1 is 1.41 bits per heavy atom. The van der Waals surface area contributed by atoms with Gasteiger partial charge in [0.2, 0.25) is 5.91 Å². The van der Waals surface area contributed by atoms with Gasteiger partial charge in [-0.05, 0) is 24.3 Å². The molecule has 1 aromatic carbocycles. The van der Waals surface area contributed by atoms with Crippen LogP contribution in [0.25, 0.3) is 0 Å². The SMILES string of the molecule is CCS(=O)CCC(=O)Nc1ccc(C#N)cc1. The Balaban J connectivity index is 2.45. The minimum Gasteiger partial charge on any atom is -0.326 e. The van der Waals surface area contributed by atoms with E-state index >= 15 is 0 Å². The van der Waals surface area contributed by atoms with Crippen LogP contribution in [0.5, 0.6) is 0 Å². The molecule has 1 aromatic rings. The van der Waals surface area contributed by atoms with Crippen LogP contribution in [-0.4, -0.2) is 21.6 Å². The van der Waals surface area contributed by atoms with Gasteiger partial charge in [-0.3, -0.25) is 9.00 Å². The summed E-state index contributed by atoms with van der Waals surface area (Å²) in [5.41, 5.74) is 1.20. The number of amides is 1. The van der Waals surface area contributed by atoms with E-state index in [9.17, 15) is 9.00 Å². The molecular formula is C12H14N2O2S. The van der Waals surface area contributed by atoms with E-state index in [0.717, 1.165) is 0 Å². The lowest BCUT2D eigenvalue weighted by Gasteiger charge is -2.04.